The van der Waals surface area contributed by atoms with Crippen LogP contribution in [0.2, 0.25) is 0 Å². The molecule has 0 aliphatic heterocycles. The molecule has 0 heterocycles. The molecular formula is C16H26O. The van der Waals surface area contributed by atoms with Crippen molar-refractivity contribution in [3.8, 4) is 0 Å². The first-order valence-corrected chi connectivity index (χ1v) is 7.61. The molecule has 0 aromatic carbocycles. The summed E-state index contributed by atoms with van der Waals surface area (Å²) in [6.45, 7) is 0. The lowest BCUT2D eigenvalue weighted by molar-refractivity contribution is -0.119. The Morgan fingerprint density at radius 2 is 1.53 bits per heavy atom. The average molecular weight is 234 g/mol. The van der Waals surface area contributed by atoms with Gasteiger partial charge in [0.1, 0.15) is 0 Å². The number of ketones is 1. The molecule has 1 fully saturated rings. The summed E-state index contributed by atoms with van der Waals surface area (Å²) in [6, 6.07) is 0. The number of carbonyl (C=O) groups is 1. The zero-order valence-corrected chi connectivity index (χ0v) is 11.0. The standard InChI is InChI=1S/C16H26O/c17-16(15-12-8-4-5-9-13-15)14-10-6-2-1-3-7-11-14/h10,15H,1-9,11-13H2. The number of hydrogen-bond acceptors (Lipinski definition) is 1. The molecule has 0 amide bonds. The molecule has 17 heavy (non-hydrogen) atoms. The second kappa shape index (κ2) is 6.98. The van der Waals surface area contributed by atoms with E-state index >= 15 is 0 Å². The third-order valence-corrected chi connectivity index (χ3v) is 4.33. The van der Waals surface area contributed by atoms with Crippen molar-refractivity contribution in [2.75, 3.05) is 0 Å². The molecular weight excluding hydrogens is 208 g/mol. The summed E-state index contributed by atoms with van der Waals surface area (Å²) in [5.74, 6) is 0.872. The van der Waals surface area contributed by atoms with E-state index in [1.54, 1.807) is 0 Å². The maximum absolute atomic E-state index is 12.5. The molecule has 0 aromatic rings. The smallest absolute Gasteiger partial charge is 0.161 e. The molecule has 0 unspecified atom stereocenters. The predicted octanol–water partition coefficient (Wildman–Crippen LogP) is 4.81. The van der Waals surface area contributed by atoms with Gasteiger partial charge in [-0.3, -0.25) is 4.79 Å². The Morgan fingerprint density at radius 3 is 2.29 bits per heavy atom. The van der Waals surface area contributed by atoms with Gasteiger partial charge < -0.3 is 0 Å². The molecule has 2 rings (SSSR count). The summed E-state index contributed by atoms with van der Waals surface area (Å²) in [4.78, 5) is 12.5. The SMILES string of the molecule is O=C(C1=CCCCCCC1)C1CCCCCC1. The van der Waals surface area contributed by atoms with Crippen LogP contribution in [-0.4, -0.2) is 5.78 Å². The van der Waals surface area contributed by atoms with Crippen molar-refractivity contribution >= 4 is 5.78 Å². The van der Waals surface area contributed by atoms with Gasteiger partial charge in [-0.2, -0.15) is 0 Å². The zero-order valence-electron chi connectivity index (χ0n) is 11.0. The maximum atomic E-state index is 12.5. The van der Waals surface area contributed by atoms with Crippen LogP contribution in [-0.2, 0) is 4.79 Å². The summed E-state index contributed by atoms with van der Waals surface area (Å²) >= 11 is 0. The van der Waals surface area contributed by atoms with Crippen LogP contribution < -0.4 is 0 Å². The molecule has 1 saturated carbocycles. The van der Waals surface area contributed by atoms with Gasteiger partial charge in [-0.25, -0.2) is 0 Å². The van der Waals surface area contributed by atoms with E-state index in [1.165, 1.54) is 56.9 Å². The lowest BCUT2D eigenvalue weighted by atomic mass is 9.87. The van der Waals surface area contributed by atoms with Crippen LogP contribution in [0.3, 0.4) is 0 Å². The van der Waals surface area contributed by atoms with Gasteiger partial charge in [0.05, 0.1) is 0 Å². The molecule has 2 aliphatic carbocycles. The minimum Gasteiger partial charge on any atom is -0.294 e. The highest BCUT2D eigenvalue weighted by Crippen LogP contribution is 2.28. The van der Waals surface area contributed by atoms with Gasteiger partial charge in [0, 0.05) is 5.92 Å². The van der Waals surface area contributed by atoms with E-state index in [0.717, 1.165) is 25.7 Å². The van der Waals surface area contributed by atoms with Crippen LogP contribution in [0.15, 0.2) is 11.6 Å². The number of Topliss-reactive ketones (excluding diaryl/α,β-unsaturated/α-hetero) is 1. The molecule has 0 saturated heterocycles. The largest absolute Gasteiger partial charge is 0.294 e. The molecule has 0 spiro atoms. The van der Waals surface area contributed by atoms with Crippen molar-refractivity contribution in [1.29, 1.82) is 0 Å². The lowest BCUT2D eigenvalue weighted by Gasteiger charge is -2.17. The summed E-state index contributed by atoms with van der Waals surface area (Å²) in [7, 11) is 0. The van der Waals surface area contributed by atoms with Crippen LogP contribution in [0.5, 0.6) is 0 Å². The van der Waals surface area contributed by atoms with Gasteiger partial charge in [-0.1, -0.05) is 44.6 Å². The minimum atomic E-state index is 0.364. The zero-order chi connectivity index (χ0) is 11.9. The van der Waals surface area contributed by atoms with Gasteiger partial charge in [0.2, 0.25) is 0 Å². The van der Waals surface area contributed by atoms with Gasteiger partial charge in [-0.15, -0.1) is 0 Å². The van der Waals surface area contributed by atoms with Gasteiger partial charge in [-0.05, 0) is 44.1 Å². The quantitative estimate of drug-likeness (QED) is 0.627. The molecule has 2 aliphatic rings. The third-order valence-electron chi connectivity index (χ3n) is 4.33. The molecule has 96 valence electrons. The van der Waals surface area contributed by atoms with Gasteiger partial charge >= 0.3 is 0 Å². The number of hydrogen-bond donors (Lipinski definition) is 0. The molecule has 1 heteroatoms. The summed E-state index contributed by atoms with van der Waals surface area (Å²) in [6.07, 6.45) is 17.1. The number of carbonyl (C=O) groups excluding carboxylic acids is 1. The predicted molar refractivity (Wildman–Crippen MR) is 72.0 cm³/mol. The fraction of sp³-hybridized carbons (Fsp3) is 0.812. The van der Waals surface area contributed by atoms with Crippen molar-refractivity contribution in [3.63, 3.8) is 0 Å². The van der Waals surface area contributed by atoms with E-state index in [0.29, 0.717) is 11.7 Å². The third kappa shape index (κ3) is 3.97. The van der Waals surface area contributed by atoms with Gasteiger partial charge in [0.25, 0.3) is 0 Å². The van der Waals surface area contributed by atoms with E-state index in [4.69, 9.17) is 0 Å². The summed E-state index contributed by atoms with van der Waals surface area (Å²) < 4.78 is 0. The van der Waals surface area contributed by atoms with E-state index < -0.39 is 0 Å². The molecule has 0 atom stereocenters. The molecule has 1 nitrogen and oxygen atoms in total. The molecule has 0 N–H and O–H groups in total. The van der Waals surface area contributed by atoms with Crippen LogP contribution >= 0.6 is 0 Å². The van der Waals surface area contributed by atoms with Crippen molar-refractivity contribution < 1.29 is 4.79 Å². The number of allylic oxidation sites excluding steroid dienone is 2. The molecule has 0 radical (unpaired) electrons. The normalized spacial score (nSPS) is 24.4. The highest BCUT2D eigenvalue weighted by Gasteiger charge is 2.22. The minimum absolute atomic E-state index is 0.364. The number of rotatable bonds is 2. The maximum Gasteiger partial charge on any atom is 0.161 e. The second-order valence-electron chi connectivity index (χ2n) is 5.73. The monoisotopic (exact) mass is 234 g/mol. The van der Waals surface area contributed by atoms with Crippen molar-refractivity contribution in [2.45, 2.75) is 77.0 Å². The van der Waals surface area contributed by atoms with E-state index in [1.807, 2.05) is 0 Å². The Morgan fingerprint density at radius 1 is 0.882 bits per heavy atom. The highest BCUT2D eigenvalue weighted by molar-refractivity contribution is 5.97. The van der Waals surface area contributed by atoms with E-state index in [-0.39, 0.29) is 0 Å². The highest BCUT2D eigenvalue weighted by atomic mass is 16.1. The summed E-state index contributed by atoms with van der Waals surface area (Å²) in [5.41, 5.74) is 1.18. The van der Waals surface area contributed by atoms with Crippen molar-refractivity contribution in [2.24, 2.45) is 5.92 Å². The topological polar surface area (TPSA) is 17.1 Å². The Hall–Kier alpha value is -0.590. The fourth-order valence-corrected chi connectivity index (χ4v) is 3.22. The fourth-order valence-electron chi connectivity index (χ4n) is 3.22. The van der Waals surface area contributed by atoms with Crippen LogP contribution in [0.1, 0.15) is 77.0 Å². The van der Waals surface area contributed by atoms with Crippen molar-refractivity contribution in [3.05, 3.63) is 11.6 Å². The Balaban J connectivity index is 1.96. The van der Waals surface area contributed by atoms with Crippen LogP contribution in [0.4, 0.5) is 0 Å². The lowest BCUT2D eigenvalue weighted by Crippen LogP contribution is -2.16. The Labute approximate surface area is 106 Å². The Kier molecular flexibility index (Phi) is 5.28. The average Bonchev–Trinajstić information content (AvgIpc) is 2.56. The first-order chi connectivity index (χ1) is 8.38. The first-order valence-electron chi connectivity index (χ1n) is 7.61. The van der Waals surface area contributed by atoms with Crippen LogP contribution in [0, 0.1) is 5.92 Å². The van der Waals surface area contributed by atoms with Crippen molar-refractivity contribution in [1.82, 2.24) is 0 Å². The molecule has 0 bridgehead atoms. The first kappa shape index (κ1) is 12.9. The summed E-state index contributed by atoms with van der Waals surface area (Å²) in [5, 5.41) is 0. The van der Waals surface area contributed by atoms with Crippen LogP contribution in [0.25, 0.3) is 0 Å². The van der Waals surface area contributed by atoms with Gasteiger partial charge in [0.15, 0.2) is 5.78 Å². The molecule has 0 aromatic heterocycles. The van der Waals surface area contributed by atoms with E-state index in [2.05, 4.69) is 6.08 Å². The van der Waals surface area contributed by atoms with E-state index in [9.17, 15) is 4.79 Å². The Bertz CT molecular complexity index is 269. The second-order valence-corrected chi connectivity index (χ2v) is 5.73.